The second-order valence-corrected chi connectivity index (χ2v) is 28.0. The Balaban J connectivity index is 0. The van der Waals surface area contributed by atoms with Crippen LogP contribution in [0.3, 0.4) is 0 Å². The standard InChI is InChI=1S/C67H122N10O12.CH4/c1-28-30-31-44(17)57(79)56(77(27)67(89)55(43(15)16)76(26)65(87)53(36-41(11)12)74(24)62(84)45(18)32-37(3)4)61(83)70-49(29-2)63(85)75(25)52(35-40(9)10)64(86)72(22)51(34-39(7)8)60(82)71-54(42(13)14)66(88)73(23)50(33-38(5)6)59(81)69-47(20)58(80)68-46(19)48(21)78;/h28,30,37-47,49-57,79H,29,31-36H2,1-27H3,(H,68,80)(H,69,81)(H,70,83)(H,71,82);1H4/b30-28+;/t44-,45-,46-,47+,49+,50+,51?,52?,53+,54+,55+,56+,57-;/m1./s1. The summed E-state index contributed by atoms with van der Waals surface area (Å²) in [5.41, 5.74) is 0. The molecule has 10 amide bonds. The van der Waals surface area contributed by atoms with Crippen LogP contribution in [0, 0.1) is 53.3 Å². The highest BCUT2D eigenvalue weighted by molar-refractivity contribution is 5.99. The van der Waals surface area contributed by atoms with Crippen molar-refractivity contribution in [3.05, 3.63) is 12.2 Å². The number of aliphatic hydroxyl groups is 1. The molecule has 520 valence electrons. The highest BCUT2D eigenvalue weighted by Gasteiger charge is 2.45. The largest absolute Gasteiger partial charge is 0.390 e. The molecule has 0 radical (unpaired) electrons. The van der Waals surface area contributed by atoms with Gasteiger partial charge in [-0.25, -0.2) is 0 Å². The summed E-state index contributed by atoms with van der Waals surface area (Å²) in [5.74, 6) is -8.15. The van der Waals surface area contributed by atoms with E-state index in [-0.39, 0.29) is 80.3 Å². The van der Waals surface area contributed by atoms with E-state index in [0.717, 1.165) is 4.90 Å². The number of amides is 10. The number of carbonyl (C=O) groups excluding carboxylic acids is 11. The number of allylic oxidation sites excluding steroid dienone is 2. The van der Waals surface area contributed by atoms with Crippen LogP contribution in [-0.2, 0) is 52.7 Å². The fraction of sp³-hybridized carbons (Fsp3) is 0.809. The third-order valence-corrected chi connectivity index (χ3v) is 16.8. The minimum Gasteiger partial charge on any atom is -0.390 e. The zero-order valence-corrected chi connectivity index (χ0v) is 59.8. The van der Waals surface area contributed by atoms with Crippen molar-refractivity contribution in [3.63, 3.8) is 0 Å². The lowest BCUT2D eigenvalue weighted by Gasteiger charge is -2.41. The second kappa shape index (κ2) is 40.1. The van der Waals surface area contributed by atoms with Crippen molar-refractivity contribution in [2.75, 3.05) is 42.3 Å². The Morgan fingerprint density at radius 1 is 0.411 bits per heavy atom. The molecule has 0 saturated carbocycles. The zero-order chi connectivity index (χ0) is 69.6. The van der Waals surface area contributed by atoms with E-state index >= 15 is 9.59 Å². The van der Waals surface area contributed by atoms with E-state index < -0.39 is 137 Å². The molecule has 0 aliphatic carbocycles. The highest BCUT2D eigenvalue weighted by atomic mass is 16.3. The molecule has 0 aromatic carbocycles. The van der Waals surface area contributed by atoms with Crippen LogP contribution >= 0.6 is 0 Å². The van der Waals surface area contributed by atoms with E-state index in [1.165, 1.54) is 80.5 Å². The van der Waals surface area contributed by atoms with Gasteiger partial charge in [-0.15, -0.1) is 0 Å². The smallest absolute Gasteiger partial charge is 0.246 e. The summed E-state index contributed by atoms with van der Waals surface area (Å²) in [4.78, 5) is 164. The maximum absolute atomic E-state index is 15.1. The monoisotopic (exact) mass is 1270 g/mol. The molecule has 0 aliphatic heterocycles. The third kappa shape index (κ3) is 26.0. The number of likely N-dealkylation sites (N-methyl/N-ethyl adjacent to an activating group) is 6. The van der Waals surface area contributed by atoms with E-state index in [1.807, 2.05) is 89.2 Å². The molecule has 90 heavy (non-hydrogen) atoms. The van der Waals surface area contributed by atoms with Gasteiger partial charge < -0.3 is 55.8 Å². The van der Waals surface area contributed by atoms with Crippen LogP contribution in [0.5, 0.6) is 0 Å². The highest BCUT2D eigenvalue weighted by Crippen LogP contribution is 2.26. The Morgan fingerprint density at radius 2 is 0.789 bits per heavy atom. The molecule has 0 rings (SSSR count). The van der Waals surface area contributed by atoms with Crippen LogP contribution in [0.2, 0.25) is 0 Å². The molecule has 22 nitrogen and oxygen atoms in total. The van der Waals surface area contributed by atoms with Crippen molar-refractivity contribution in [1.82, 2.24) is 50.7 Å². The Hall–Kier alpha value is -5.93. The van der Waals surface area contributed by atoms with E-state index in [1.54, 1.807) is 54.7 Å². The van der Waals surface area contributed by atoms with Gasteiger partial charge in [0.1, 0.15) is 54.4 Å². The van der Waals surface area contributed by atoms with Crippen LogP contribution in [0.15, 0.2) is 12.2 Å². The van der Waals surface area contributed by atoms with Gasteiger partial charge in [-0.1, -0.05) is 137 Å². The second-order valence-electron chi connectivity index (χ2n) is 28.0. The van der Waals surface area contributed by atoms with Crippen LogP contribution < -0.4 is 21.3 Å². The summed E-state index contributed by atoms with van der Waals surface area (Å²) < 4.78 is 0. The van der Waals surface area contributed by atoms with Crippen molar-refractivity contribution >= 4 is 64.9 Å². The summed E-state index contributed by atoms with van der Waals surface area (Å²) in [5, 5.41) is 23.1. The molecule has 0 heterocycles. The van der Waals surface area contributed by atoms with Gasteiger partial charge in [0.25, 0.3) is 0 Å². The van der Waals surface area contributed by atoms with Crippen LogP contribution in [0.25, 0.3) is 0 Å². The van der Waals surface area contributed by atoms with E-state index in [9.17, 15) is 48.3 Å². The van der Waals surface area contributed by atoms with Gasteiger partial charge in [0.2, 0.25) is 59.1 Å². The number of carbonyl (C=O) groups is 11. The van der Waals surface area contributed by atoms with Gasteiger partial charge >= 0.3 is 0 Å². The SMILES string of the molecule is C.C/C=C/C[C@@H](C)[C@@H](O)[C@@H](C(=O)N[C@@H](CC)C(=O)N(C)C(CC(C)C)C(=O)N(C)C(CC(C)C)C(=O)N[C@H](C(=O)N(C)[C@@H](CC(C)C)C(=O)N[C@@H](C)C(=O)N[C@H](C)C(C)=O)C(C)C)N(C)C(=O)[C@H](C(C)C)N(C)C(=O)[C@H](CC(C)C)N(C)C(=O)[C@H](C)CC(C)C. The minimum absolute atomic E-state index is 0. The first-order valence-electron chi connectivity index (χ1n) is 32.6. The lowest BCUT2D eigenvalue weighted by molar-refractivity contribution is -0.156. The van der Waals surface area contributed by atoms with Crippen molar-refractivity contribution in [3.8, 4) is 0 Å². The number of nitrogens with zero attached hydrogens (tertiary/aromatic N) is 6. The fourth-order valence-corrected chi connectivity index (χ4v) is 11.1. The van der Waals surface area contributed by atoms with Gasteiger partial charge in [0.05, 0.1) is 12.1 Å². The normalized spacial score (nSPS) is 16.1. The van der Waals surface area contributed by atoms with Gasteiger partial charge in [-0.2, -0.15) is 0 Å². The van der Waals surface area contributed by atoms with Gasteiger partial charge in [0.15, 0.2) is 5.78 Å². The third-order valence-electron chi connectivity index (χ3n) is 16.8. The Labute approximate surface area is 543 Å². The zero-order valence-electron chi connectivity index (χ0n) is 59.8. The van der Waals surface area contributed by atoms with Crippen molar-refractivity contribution in [2.45, 2.75) is 264 Å². The average molecular weight is 1280 g/mol. The topological polar surface area (TPSA) is 276 Å². The van der Waals surface area contributed by atoms with Crippen molar-refractivity contribution in [1.29, 1.82) is 0 Å². The Morgan fingerprint density at radius 3 is 1.19 bits per heavy atom. The molecule has 0 aliphatic rings. The number of hydrogen-bond donors (Lipinski definition) is 5. The van der Waals surface area contributed by atoms with E-state index in [4.69, 9.17) is 0 Å². The number of Topliss-reactive ketones (excluding diaryl/α,β-unsaturated/α-hetero) is 1. The predicted molar refractivity (Wildman–Crippen MR) is 357 cm³/mol. The molecule has 0 aromatic heterocycles. The minimum atomic E-state index is -1.58. The van der Waals surface area contributed by atoms with Crippen LogP contribution in [0.1, 0.15) is 198 Å². The fourth-order valence-electron chi connectivity index (χ4n) is 11.1. The molecular weight excluding hydrogens is 1150 g/mol. The van der Waals surface area contributed by atoms with Gasteiger partial charge in [-0.3, -0.25) is 52.7 Å². The molecule has 13 atom stereocenters. The molecule has 5 N–H and O–H groups in total. The first-order valence-corrected chi connectivity index (χ1v) is 32.6. The maximum Gasteiger partial charge on any atom is 0.246 e. The van der Waals surface area contributed by atoms with Crippen LogP contribution in [-0.4, -0.2) is 208 Å². The van der Waals surface area contributed by atoms with Crippen LogP contribution in [0.4, 0.5) is 0 Å². The number of nitrogens with one attached hydrogen (secondary N) is 4. The lowest BCUT2D eigenvalue weighted by atomic mass is 9.91. The van der Waals surface area contributed by atoms with E-state index in [2.05, 4.69) is 21.3 Å². The van der Waals surface area contributed by atoms with E-state index in [0.29, 0.717) is 19.3 Å². The molecule has 0 fully saturated rings. The molecular formula is C68H126N10O12. The molecule has 0 aromatic rings. The first-order chi connectivity index (χ1) is 40.9. The van der Waals surface area contributed by atoms with Crippen molar-refractivity contribution in [2.24, 2.45) is 53.3 Å². The quantitative estimate of drug-likeness (QED) is 0.0404. The molecule has 2 unspecified atom stereocenters. The van der Waals surface area contributed by atoms with Gasteiger partial charge in [0, 0.05) is 48.2 Å². The van der Waals surface area contributed by atoms with Gasteiger partial charge in [-0.05, 0) is 120 Å². The molecule has 0 spiro atoms. The predicted octanol–water partition coefficient (Wildman–Crippen LogP) is 6.70. The molecule has 0 bridgehead atoms. The summed E-state index contributed by atoms with van der Waals surface area (Å²) in [6.07, 6.45) is 3.97. The van der Waals surface area contributed by atoms with Crippen molar-refractivity contribution < 1.29 is 57.8 Å². The summed E-state index contributed by atoms with van der Waals surface area (Å²) >= 11 is 0. The summed E-state index contributed by atoms with van der Waals surface area (Å²) in [6.45, 7) is 37.7. The first kappa shape index (κ1) is 86.1. The number of aliphatic hydroxyl groups excluding tert-OH is 1. The number of ketones is 1. The lowest BCUT2D eigenvalue weighted by Crippen LogP contribution is -2.63. The summed E-state index contributed by atoms with van der Waals surface area (Å²) in [7, 11) is 8.89. The Bertz CT molecular complexity index is 2380. The molecule has 22 heteroatoms. The molecule has 0 saturated heterocycles. The number of rotatable bonds is 38. The summed E-state index contributed by atoms with van der Waals surface area (Å²) in [6, 6.07) is -11.3. The Kier molecular flexibility index (Phi) is 38.4. The number of hydrogen-bond acceptors (Lipinski definition) is 12. The maximum atomic E-state index is 15.1. The average Bonchev–Trinajstić information content (AvgIpc) is 1.15.